The van der Waals surface area contributed by atoms with E-state index in [-0.39, 0.29) is 49.9 Å². The average molecular weight is 945 g/mol. The third kappa shape index (κ3) is 9.84. The normalized spacial score (nSPS) is 19.1. The summed E-state index contributed by atoms with van der Waals surface area (Å²) in [7, 11) is -10.7. The van der Waals surface area contributed by atoms with Gasteiger partial charge in [-0.05, 0) is 91.9 Å². The highest BCUT2D eigenvalue weighted by Gasteiger charge is 2.47. The van der Waals surface area contributed by atoms with Crippen LogP contribution in [0.1, 0.15) is 83.9 Å². The lowest BCUT2D eigenvalue weighted by atomic mass is 9.75. The van der Waals surface area contributed by atoms with Gasteiger partial charge in [0.25, 0.3) is 48.1 Å². The lowest BCUT2D eigenvalue weighted by Crippen LogP contribution is -2.38. The molecular weight excluding hydrogens is 899 g/mol. The number of benzene rings is 2. The van der Waals surface area contributed by atoms with Crippen LogP contribution in [0, 0.1) is 0 Å². The first-order valence-electron chi connectivity index (χ1n) is 19.6. The van der Waals surface area contributed by atoms with Gasteiger partial charge in [-0.2, -0.15) is 25.3 Å². The molecule has 23 heteroatoms. The minimum Gasteiger partial charge on any atom is -0.344 e. The predicted octanol–water partition coefficient (Wildman–Crippen LogP) is 3.26. The van der Waals surface area contributed by atoms with E-state index in [4.69, 9.17) is 14.7 Å². The lowest BCUT2D eigenvalue weighted by molar-refractivity contribution is -0.684. The molecule has 20 nitrogen and oxygen atoms in total. The zero-order valence-corrected chi connectivity index (χ0v) is 37.7. The number of hydroxylamine groups is 4. The van der Waals surface area contributed by atoms with Crippen LogP contribution in [-0.4, -0.2) is 111 Å². The molecule has 3 N–H and O–H groups in total. The van der Waals surface area contributed by atoms with E-state index in [9.17, 15) is 58.1 Å². The van der Waals surface area contributed by atoms with Crippen molar-refractivity contribution in [1.29, 1.82) is 0 Å². The van der Waals surface area contributed by atoms with Crippen molar-refractivity contribution in [2.75, 3.05) is 37.1 Å². The van der Waals surface area contributed by atoms with E-state index in [1.165, 1.54) is 50.7 Å². The Bertz CT molecular complexity index is 2860. The Kier molecular flexibility index (Phi) is 13.2. The first kappa shape index (κ1) is 47.8. The van der Waals surface area contributed by atoms with Crippen molar-refractivity contribution in [3.05, 3.63) is 106 Å². The number of hydrogen-bond acceptors (Lipinski definition) is 14. The fraction of sp³-hybridized carbons (Fsp3) is 0.366. The summed E-state index contributed by atoms with van der Waals surface area (Å²) < 4.78 is 102. The molecule has 1 aromatic heterocycles. The molecule has 0 saturated carbocycles. The molecule has 3 amide bonds. The zero-order valence-electron chi connectivity index (χ0n) is 35.3. The number of carbonyl (C=O) groups excluding carboxylic acids is 4. The Morgan fingerprint density at radius 1 is 0.875 bits per heavy atom. The van der Waals surface area contributed by atoms with Crippen LogP contribution in [0.3, 0.4) is 0 Å². The Hall–Kier alpha value is -5.69. The molecular formula is C41H46N5O15S3+. The van der Waals surface area contributed by atoms with E-state index in [0.29, 0.717) is 44.7 Å². The van der Waals surface area contributed by atoms with E-state index in [1.807, 2.05) is 13.8 Å². The van der Waals surface area contributed by atoms with Crippen molar-refractivity contribution in [2.45, 2.75) is 68.7 Å². The molecule has 1 unspecified atom stereocenters. The van der Waals surface area contributed by atoms with Crippen molar-refractivity contribution in [3.8, 4) is 0 Å². The largest absolute Gasteiger partial charge is 0.363 e. The number of aryl methyl sites for hydroxylation is 1. The molecule has 342 valence electrons. The lowest BCUT2D eigenvalue weighted by Gasteiger charge is -2.31. The van der Waals surface area contributed by atoms with Gasteiger partial charge in [-0.25, -0.2) is 14.4 Å². The summed E-state index contributed by atoms with van der Waals surface area (Å²) in [5.41, 5.74) is 0.817. The van der Waals surface area contributed by atoms with Gasteiger partial charge >= 0.3 is 11.8 Å². The molecule has 3 aliphatic rings. The highest BCUT2D eigenvalue weighted by atomic mass is 32.2. The summed E-state index contributed by atoms with van der Waals surface area (Å²) in [6, 6.07) is 11.4. The second-order valence-corrected chi connectivity index (χ2v) is 20.5. The van der Waals surface area contributed by atoms with Crippen LogP contribution in [0.25, 0.3) is 0 Å². The van der Waals surface area contributed by atoms with Crippen molar-refractivity contribution < 1.29 is 72.3 Å². The SMILES string of the molecule is CON(C)C(=O)c1cc2c([n+](CCCS(=O)(=O)O)c1)N=C(/C=C/C=C1/N(CCCS(=O)(=O)O)c3ccc(S(=O)(=O)O)cc3C1(C)c1ccc(C(=O)ON3C(=O)CCC3=O)cc1)C2(C)C. The van der Waals surface area contributed by atoms with E-state index in [0.717, 1.165) is 5.06 Å². The molecule has 64 heavy (non-hydrogen) atoms. The van der Waals surface area contributed by atoms with Gasteiger partial charge in [0.1, 0.15) is 6.20 Å². The van der Waals surface area contributed by atoms with Crippen molar-refractivity contribution in [1.82, 2.24) is 10.1 Å². The quantitative estimate of drug-likeness (QED) is 0.0804. The summed E-state index contributed by atoms with van der Waals surface area (Å²) in [4.78, 5) is 66.9. The van der Waals surface area contributed by atoms with E-state index < -0.39 is 81.3 Å². The number of allylic oxidation sites excluding steroid dienone is 4. The topological polar surface area (TPSA) is 276 Å². The number of anilines is 1. The number of pyridine rings is 1. The number of amides is 3. The predicted molar refractivity (Wildman–Crippen MR) is 228 cm³/mol. The Balaban J connectivity index is 1.46. The first-order valence-corrected chi connectivity index (χ1v) is 24.3. The third-order valence-corrected chi connectivity index (χ3v) is 13.8. The van der Waals surface area contributed by atoms with Crippen molar-refractivity contribution in [2.24, 2.45) is 4.99 Å². The Morgan fingerprint density at radius 3 is 2.09 bits per heavy atom. The van der Waals surface area contributed by atoms with Gasteiger partial charge in [-0.15, -0.1) is 5.06 Å². The second-order valence-electron chi connectivity index (χ2n) is 15.9. The number of fused-ring (bicyclic) bond motifs is 2. The van der Waals surface area contributed by atoms with E-state index in [2.05, 4.69) is 0 Å². The molecule has 0 aliphatic carbocycles. The molecule has 0 radical (unpaired) electrons. The van der Waals surface area contributed by atoms with Crippen molar-refractivity contribution >= 4 is 71.3 Å². The van der Waals surface area contributed by atoms with Crippen molar-refractivity contribution in [3.63, 3.8) is 0 Å². The van der Waals surface area contributed by atoms with Crippen LogP contribution in [0.5, 0.6) is 0 Å². The van der Waals surface area contributed by atoms with Crippen LogP contribution in [0.2, 0.25) is 0 Å². The van der Waals surface area contributed by atoms with E-state index in [1.54, 1.807) is 52.8 Å². The Labute approximate surface area is 369 Å². The molecule has 0 bridgehead atoms. The minimum atomic E-state index is -4.74. The van der Waals surface area contributed by atoms with Crippen LogP contribution >= 0.6 is 0 Å². The summed E-state index contributed by atoms with van der Waals surface area (Å²) in [5, 5.41) is 1.44. The number of aromatic nitrogens is 1. The fourth-order valence-corrected chi connectivity index (χ4v) is 9.35. The smallest absolute Gasteiger partial charge is 0.344 e. The van der Waals surface area contributed by atoms with Crippen LogP contribution in [0.15, 0.2) is 88.5 Å². The van der Waals surface area contributed by atoms with Gasteiger partial charge in [-0.3, -0.25) is 32.9 Å². The van der Waals surface area contributed by atoms with Crippen LogP contribution in [-0.2, 0) is 67.0 Å². The number of rotatable bonds is 16. The minimum absolute atomic E-state index is 0.00721. The Morgan fingerprint density at radius 2 is 1.50 bits per heavy atom. The molecule has 3 aliphatic heterocycles. The summed E-state index contributed by atoms with van der Waals surface area (Å²) in [6.45, 7) is 5.52. The van der Waals surface area contributed by atoms with Crippen LogP contribution < -0.4 is 9.47 Å². The van der Waals surface area contributed by atoms with Gasteiger partial charge in [0.15, 0.2) is 5.71 Å². The highest BCUT2D eigenvalue weighted by Crippen LogP contribution is 2.52. The number of carbonyl (C=O) groups is 4. The molecule has 0 spiro atoms. The molecule has 1 fully saturated rings. The van der Waals surface area contributed by atoms with Gasteiger partial charge in [-0.1, -0.05) is 18.2 Å². The first-order chi connectivity index (χ1) is 29.8. The molecule has 1 atom stereocenters. The number of nitrogens with zero attached hydrogens (tertiary/aromatic N) is 5. The number of hydrogen-bond donors (Lipinski definition) is 3. The summed E-state index contributed by atoms with van der Waals surface area (Å²) in [6.07, 6.45) is 6.26. The molecule has 6 rings (SSSR count). The van der Waals surface area contributed by atoms with Gasteiger partial charge in [0.05, 0.1) is 57.6 Å². The van der Waals surface area contributed by atoms with Gasteiger partial charge in [0, 0.05) is 44.2 Å². The molecule has 1 saturated heterocycles. The number of aliphatic imine (C=N–C) groups is 1. The van der Waals surface area contributed by atoms with E-state index >= 15 is 0 Å². The molecule has 2 aromatic carbocycles. The standard InChI is InChI=1S/C41H45N5O15S3/c1-40(2)31-23-27(38(49)43(4)60-5)25-44(19-7-21-62(51,52)53)37(31)42-33(40)9-6-10-34-41(3,28-13-11-26(12-14-28)39(50)61-46-35(47)17-18-36(46)48)30-24-29(64(57,58)59)15-16-32(30)45(34)20-8-22-63(54,55)56/h6,9-16,23-25H,7-8,17-22H2,1-5H3,(H2-,51,52,53,54,55,56,57,58,59)/p+1. The molecule has 3 aromatic rings. The highest BCUT2D eigenvalue weighted by molar-refractivity contribution is 7.86. The summed E-state index contributed by atoms with van der Waals surface area (Å²) in [5.74, 6) is -3.56. The maximum Gasteiger partial charge on any atom is 0.363 e. The number of imide groups is 1. The fourth-order valence-electron chi connectivity index (χ4n) is 7.85. The average Bonchev–Trinajstić information content (AvgIpc) is 3.76. The molecule has 4 heterocycles. The second kappa shape index (κ2) is 17.7. The summed E-state index contributed by atoms with van der Waals surface area (Å²) >= 11 is 0. The monoisotopic (exact) mass is 944 g/mol. The van der Waals surface area contributed by atoms with Crippen LogP contribution in [0.4, 0.5) is 11.5 Å². The maximum absolute atomic E-state index is 13.3. The van der Waals surface area contributed by atoms with Gasteiger partial charge < -0.3 is 9.74 Å². The zero-order chi connectivity index (χ0) is 47.2. The third-order valence-electron chi connectivity index (χ3n) is 11.3. The van der Waals surface area contributed by atoms with Gasteiger partial charge in [0.2, 0.25) is 0 Å². The maximum atomic E-state index is 13.3.